The summed E-state index contributed by atoms with van der Waals surface area (Å²) < 4.78 is 12.3. The van der Waals surface area contributed by atoms with E-state index in [0.717, 1.165) is 0 Å². The molecule has 4 aromatic rings. The van der Waals surface area contributed by atoms with Crippen LogP contribution in [0.3, 0.4) is 0 Å². The van der Waals surface area contributed by atoms with Gasteiger partial charge in [-0.2, -0.15) is 4.99 Å². The highest BCUT2D eigenvalue weighted by molar-refractivity contribution is 7.16. The van der Waals surface area contributed by atoms with E-state index in [4.69, 9.17) is 15.6 Å². The number of methoxy groups -OCH3 is 1. The van der Waals surface area contributed by atoms with Crippen LogP contribution in [0, 0.1) is 12.3 Å². The molecular weight excluding hydrogens is 404 g/mol. The zero-order chi connectivity index (χ0) is 21.3. The molecule has 0 aliphatic heterocycles. The van der Waals surface area contributed by atoms with E-state index in [-0.39, 0.29) is 12.1 Å². The molecule has 148 valence electrons. The maximum atomic E-state index is 12.8. The van der Waals surface area contributed by atoms with Crippen LogP contribution in [0.1, 0.15) is 20.7 Å². The third-order valence-corrected chi connectivity index (χ3v) is 5.46. The zero-order valence-corrected chi connectivity index (χ0v) is 16.6. The monoisotopic (exact) mass is 418 g/mol. The van der Waals surface area contributed by atoms with E-state index in [1.807, 2.05) is 0 Å². The average Bonchev–Trinajstić information content (AvgIpc) is 3.09. The van der Waals surface area contributed by atoms with Crippen LogP contribution in [0.25, 0.3) is 21.2 Å². The lowest BCUT2D eigenvalue weighted by atomic mass is 10.2. The molecule has 8 heteroatoms. The lowest BCUT2D eigenvalue weighted by Crippen LogP contribution is -2.19. The van der Waals surface area contributed by atoms with Crippen LogP contribution >= 0.6 is 11.3 Å². The lowest BCUT2D eigenvalue weighted by molar-refractivity contribution is 0.0600. The molecule has 0 saturated carbocycles. The van der Waals surface area contributed by atoms with E-state index in [0.29, 0.717) is 31.6 Å². The molecule has 1 amide bonds. The lowest BCUT2D eigenvalue weighted by Gasteiger charge is -2.02. The molecule has 0 aliphatic carbocycles. The Morgan fingerprint density at radius 1 is 1.23 bits per heavy atom. The van der Waals surface area contributed by atoms with Crippen LogP contribution in [0.5, 0.6) is 0 Å². The second-order valence-electron chi connectivity index (χ2n) is 6.25. The van der Waals surface area contributed by atoms with Gasteiger partial charge >= 0.3 is 11.6 Å². The summed E-state index contributed by atoms with van der Waals surface area (Å²) in [6, 6.07) is 13.3. The highest BCUT2D eigenvalue weighted by atomic mass is 32.1. The molecule has 0 bridgehead atoms. The van der Waals surface area contributed by atoms with E-state index < -0.39 is 17.5 Å². The summed E-state index contributed by atoms with van der Waals surface area (Å²) in [5.74, 6) is 1.32. The minimum Gasteiger partial charge on any atom is -0.465 e. The molecule has 0 N–H and O–H groups in total. The van der Waals surface area contributed by atoms with Crippen molar-refractivity contribution in [3.63, 3.8) is 0 Å². The Morgan fingerprint density at radius 2 is 2.03 bits per heavy atom. The van der Waals surface area contributed by atoms with Crippen molar-refractivity contribution in [2.75, 3.05) is 7.11 Å². The summed E-state index contributed by atoms with van der Waals surface area (Å²) in [5.41, 5.74) is 0.530. The number of ether oxygens (including phenoxy) is 1. The SMILES string of the molecule is C#CCn1c(=NC(=O)c2cc3ccccc3oc2=O)sc2cc(C(=O)OC)ccc21. The first-order valence-corrected chi connectivity index (χ1v) is 9.60. The Balaban J connectivity index is 1.87. The predicted molar refractivity (Wildman–Crippen MR) is 112 cm³/mol. The Kier molecular flexibility index (Phi) is 5.04. The number of para-hydroxylation sites is 1. The summed E-state index contributed by atoms with van der Waals surface area (Å²) >= 11 is 1.18. The number of terminal acetylenes is 1. The van der Waals surface area contributed by atoms with Crippen molar-refractivity contribution in [1.29, 1.82) is 0 Å². The molecule has 0 fully saturated rings. The summed E-state index contributed by atoms with van der Waals surface area (Å²) in [5, 5.41) is 0.617. The van der Waals surface area contributed by atoms with Gasteiger partial charge < -0.3 is 13.7 Å². The van der Waals surface area contributed by atoms with Gasteiger partial charge in [-0.25, -0.2) is 9.59 Å². The third kappa shape index (κ3) is 3.43. The number of esters is 1. The van der Waals surface area contributed by atoms with Crippen molar-refractivity contribution in [3.8, 4) is 12.3 Å². The van der Waals surface area contributed by atoms with Crippen molar-refractivity contribution in [3.05, 3.63) is 74.9 Å². The molecule has 0 radical (unpaired) electrons. The van der Waals surface area contributed by atoms with Gasteiger partial charge in [-0.1, -0.05) is 35.5 Å². The number of aromatic nitrogens is 1. The summed E-state index contributed by atoms with van der Waals surface area (Å²) in [7, 11) is 1.30. The van der Waals surface area contributed by atoms with Crippen LogP contribution in [-0.4, -0.2) is 23.6 Å². The number of rotatable bonds is 3. The van der Waals surface area contributed by atoms with E-state index in [1.54, 1.807) is 47.0 Å². The third-order valence-electron chi connectivity index (χ3n) is 4.42. The average molecular weight is 418 g/mol. The minimum atomic E-state index is -0.764. The van der Waals surface area contributed by atoms with Crippen LogP contribution in [0.4, 0.5) is 0 Å². The predicted octanol–water partition coefficient (Wildman–Crippen LogP) is 2.97. The Labute approximate surface area is 173 Å². The molecular formula is C22H14N2O5S. The maximum Gasteiger partial charge on any atom is 0.349 e. The van der Waals surface area contributed by atoms with Crippen LogP contribution in [0.15, 0.2) is 62.7 Å². The van der Waals surface area contributed by atoms with E-state index in [1.165, 1.54) is 24.5 Å². The van der Waals surface area contributed by atoms with Crippen molar-refractivity contribution >= 4 is 44.4 Å². The number of fused-ring (bicyclic) bond motifs is 2. The van der Waals surface area contributed by atoms with Gasteiger partial charge in [-0.15, -0.1) is 6.42 Å². The van der Waals surface area contributed by atoms with Crippen LogP contribution < -0.4 is 10.4 Å². The first-order valence-electron chi connectivity index (χ1n) is 8.79. The van der Waals surface area contributed by atoms with Gasteiger partial charge in [0.1, 0.15) is 11.1 Å². The molecule has 30 heavy (non-hydrogen) atoms. The number of hydrogen-bond donors (Lipinski definition) is 0. The molecule has 2 aromatic carbocycles. The first kappa shape index (κ1) is 19.4. The summed E-state index contributed by atoms with van der Waals surface area (Å²) in [4.78, 5) is 41.3. The quantitative estimate of drug-likeness (QED) is 0.290. The van der Waals surface area contributed by atoms with E-state index >= 15 is 0 Å². The Hall–Kier alpha value is -3.96. The molecule has 0 unspecified atom stereocenters. The molecule has 0 aliphatic rings. The van der Waals surface area contributed by atoms with Gasteiger partial charge in [-0.05, 0) is 30.3 Å². The van der Waals surface area contributed by atoms with Gasteiger partial charge in [0.15, 0.2) is 4.80 Å². The van der Waals surface area contributed by atoms with E-state index in [9.17, 15) is 14.4 Å². The van der Waals surface area contributed by atoms with Crippen molar-refractivity contribution in [2.45, 2.75) is 6.54 Å². The number of benzene rings is 2. The number of amides is 1. The van der Waals surface area contributed by atoms with Crippen molar-refractivity contribution in [2.24, 2.45) is 4.99 Å². The second-order valence-corrected chi connectivity index (χ2v) is 7.26. The molecule has 7 nitrogen and oxygen atoms in total. The second kappa shape index (κ2) is 7.81. The van der Waals surface area contributed by atoms with Crippen LogP contribution in [-0.2, 0) is 11.3 Å². The van der Waals surface area contributed by atoms with Crippen molar-refractivity contribution < 1.29 is 18.7 Å². The molecule has 2 heterocycles. The molecule has 0 spiro atoms. The smallest absolute Gasteiger partial charge is 0.349 e. The fourth-order valence-corrected chi connectivity index (χ4v) is 4.07. The Bertz CT molecular complexity index is 1480. The van der Waals surface area contributed by atoms with Gasteiger partial charge in [-0.3, -0.25) is 4.79 Å². The van der Waals surface area contributed by atoms with E-state index in [2.05, 4.69) is 10.9 Å². The number of carbonyl (C=O) groups excluding carboxylic acids is 2. The largest absolute Gasteiger partial charge is 0.465 e. The number of nitrogens with zero attached hydrogens (tertiary/aromatic N) is 2. The van der Waals surface area contributed by atoms with Gasteiger partial charge in [0, 0.05) is 5.39 Å². The fraction of sp³-hybridized carbons (Fsp3) is 0.0909. The Morgan fingerprint density at radius 3 is 2.80 bits per heavy atom. The molecule has 0 saturated heterocycles. The van der Waals surface area contributed by atoms with Gasteiger partial charge in [0.2, 0.25) is 0 Å². The topological polar surface area (TPSA) is 90.9 Å². The summed E-state index contributed by atoms with van der Waals surface area (Å²) in [6.45, 7) is 0.163. The van der Waals surface area contributed by atoms with Crippen LogP contribution in [0.2, 0.25) is 0 Å². The number of hydrogen-bond acceptors (Lipinski definition) is 6. The standard InChI is InChI=1S/C22H14N2O5S/c1-3-10-24-16-9-8-14(20(26)28-2)12-18(16)30-22(24)23-19(25)15-11-13-6-4-5-7-17(13)29-21(15)27/h1,4-9,11-12H,10H2,2H3. The first-order chi connectivity index (χ1) is 14.5. The van der Waals surface area contributed by atoms with Gasteiger partial charge in [0.25, 0.3) is 5.91 Å². The minimum absolute atomic E-state index is 0.163. The summed E-state index contributed by atoms with van der Waals surface area (Å²) in [6.07, 6.45) is 5.48. The van der Waals surface area contributed by atoms with Crippen molar-refractivity contribution in [1.82, 2.24) is 4.57 Å². The highest BCUT2D eigenvalue weighted by Crippen LogP contribution is 2.20. The number of thiazole rings is 1. The molecule has 2 aromatic heterocycles. The highest BCUT2D eigenvalue weighted by Gasteiger charge is 2.15. The zero-order valence-electron chi connectivity index (χ0n) is 15.7. The molecule has 0 atom stereocenters. The number of carbonyl (C=O) groups is 2. The fourth-order valence-electron chi connectivity index (χ4n) is 3.01. The normalized spacial score (nSPS) is 11.5. The van der Waals surface area contributed by atoms with Gasteiger partial charge in [0.05, 0.1) is 29.4 Å². The maximum absolute atomic E-state index is 12.8. The molecule has 4 rings (SSSR count).